The molecule has 2 unspecified atom stereocenters. The molecule has 0 aliphatic carbocycles. The van der Waals surface area contributed by atoms with Crippen LogP contribution >= 0.6 is 0 Å². The second-order valence-corrected chi connectivity index (χ2v) is 6.27. The normalized spacial score (nSPS) is 29.0. The van der Waals surface area contributed by atoms with E-state index in [1.54, 1.807) is 0 Å². The van der Waals surface area contributed by atoms with Gasteiger partial charge in [0.1, 0.15) is 0 Å². The molecule has 2 atom stereocenters. The van der Waals surface area contributed by atoms with Gasteiger partial charge in [0.2, 0.25) is 5.91 Å². The number of hydrogen-bond donors (Lipinski definition) is 1. The summed E-state index contributed by atoms with van der Waals surface area (Å²) in [6.45, 7) is 5.40. The molecule has 2 saturated heterocycles. The fraction of sp³-hybridized carbons (Fsp3) is 0.938. The van der Waals surface area contributed by atoms with Crippen LogP contribution in [0.3, 0.4) is 0 Å². The molecule has 3 heteroatoms. The van der Waals surface area contributed by atoms with Crippen molar-refractivity contribution in [1.29, 1.82) is 0 Å². The number of amides is 1. The van der Waals surface area contributed by atoms with Gasteiger partial charge in [-0.25, -0.2) is 0 Å². The molecule has 0 spiro atoms. The maximum atomic E-state index is 12.3. The molecular formula is C16H30N2O. The van der Waals surface area contributed by atoms with E-state index < -0.39 is 0 Å². The first-order valence-electron chi connectivity index (χ1n) is 8.30. The molecule has 0 saturated carbocycles. The fourth-order valence-electron chi connectivity index (χ4n) is 3.45. The largest absolute Gasteiger partial charge is 0.343 e. The molecule has 110 valence electrons. The molecule has 1 N–H and O–H groups in total. The zero-order chi connectivity index (χ0) is 13.5. The van der Waals surface area contributed by atoms with Gasteiger partial charge in [-0.15, -0.1) is 0 Å². The van der Waals surface area contributed by atoms with Gasteiger partial charge in [-0.1, -0.05) is 19.8 Å². The molecule has 0 aromatic heterocycles. The van der Waals surface area contributed by atoms with Gasteiger partial charge in [0.25, 0.3) is 0 Å². The molecule has 19 heavy (non-hydrogen) atoms. The Morgan fingerprint density at radius 3 is 2.79 bits per heavy atom. The van der Waals surface area contributed by atoms with Gasteiger partial charge in [-0.3, -0.25) is 4.79 Å². The Kier molecular flexibility index (Phi) is 6.15. The van der Waals surface area contributed by atoms with Crippen LogP contribution in [0.2, 0.25) is 0 Å². The fourth-order valence-corrected chi connectivity index (χ4v) is 3.45. The zero-order valence-electron chi connectivity index (χ0n) is 12.5. The lowest BCUT2D eigenvalue weighted by molar-refractivity contribution is -0.131. The Balaban J connectivity index is 1.70. The van der Waals surface area contributed by atoms with Gasteiger partial charge in [-0.2, -0.15) is 0 Å². The third kappa shape index (κ3) is 4.79. The highest BCUT2D eigenvalue weighted by atomic mass is 16.2. The number of carbonyl (C=O) groups is 1. The molecule has 2 aliphatic heterocycles. The van der Waals surface area contributed by atoms with Crippen molar-refractivity contribution < 1.29 is 4.79 Å². The van der Waals surface area contributed by atoms with Gasteiger partial charge in [-0.05, 0) is 51.0 Å². The highest BCUT2D eigenvalue weighted by Gasteiger charge is 2.21. The summed E-state index contributed by atoms with van der Waals surface area (Å²) in [4.78, 5) is 14.4. The second-order valence-electron chi connectivity index (χ2n) is 6.27. The van der Waals surface area contributed by atoms with Crippen LogP contribution in [-0.4, -0.2) is 36.5 Å². The number of rotatable bonds is 4. The Morgan fingerprint density at radius 2 is 2.05 bits per heavy atom. The molecule has 2 fully saturated rings. The minimum absolute atomic E-state index is 0.393. The van der Waals surface area contributed by atoms with Crippen LogP contribution in [0.15, 0.2) is 0 Å². The van der Waals surface area contributed by atoms with Crippen LogP contribution in [0.25, 0.3) is 0 Å². The Bertz CT molecular complexity index is 274. The van der Waals surface area contributed by atoms with Crippen LogP contribution in [0.5, 0.6) is 0 Å². The van der Waals surface area contributed by atoms with Crippen LogP contribution in [0.4, 0.5) is 0 Å². The maximum absolute atomic E-state index is 12.3. The smallest absolute Gasteiger partial charge is 0.222 e. The lowest BCUT2D eigenvalue weighted by Gasteiger charge is -2.25. The number of hydrogen-bond acceptors (Lipinski definition) is 2. The summed E-state index contributed by atoms with van der Waals surface area (Å²) < 4.78 is 0. The van der Waals surface area contributed by atoms with Gasteiger partial charge in [0.15, 0.2) is 0 Å². The summed E-state index contributed by atoms with van der Waals surface area (Å²) in [5.74, 6) is 1.24. The van der Waals surface area contributed by atoms with E-state index in [1.807, 2.05) is 0 Å². The predicted molar refractivity (Wildman–Crippen MR) is 79.1 cm³/mol. The average molecular weight is 266 g/mol. The minimum Gasteiger partial charge on any atom is -0.343 e. The van der Waals surface area contributed by atoms with Crippen molar-refractivity contribution >= 4 is 5.91 Å². The summed E-state index contributed by atoms with van der Waals surface area (Å²) in [6, 6.07) is 0.591. The Hall–Kier alpha value is -0.570. The van der Waals surface area contributed by atoms with Gasteiger partial charge in [0, 0.05) is 25.6 Å². The average Bonchev–Trinajstić information content (AvgIpc) is 2.71. The lowest BCUT2D eigenvalue weighted by Crippen LogP contribution is -2.37. The molecule has 0 radical (unpaired) electrons. The SMILES string of the molecule is CCC1CCCN(C(=O)CCC2CCCCN2)CC1. The van der Waals surface area contributed by atoms with E-state index in [0.717, 1.165) is 38.4 Å². The van der Waals surface area contributed by atoms with Crippen molar-refractivity contribution in [3.63, 3.8) is 0 Å². The van der Waals surface area contributed by atoms with Gasteiger partial charge < -0.3 is 10.2 Å². The summed E-state index contributed by atoms with van der Waals surface area (Å²) in [5, 5.41) is 3.54. The quantitative estimate of drug-likeness (QED) is 0.848. The van der Waals surface area contributed by atoms with Crippen LogP contribution in [0.1, 0.15) is 64.7 Å². The van der Waals surface area contributed by atoms with E-state index >= 15 is 0 Å². The van der Waals surface area contributed by atoms with E-state index in [-0.39, 0.29) is 0 Å². The summed E-state index contributed by atoms with van der Waals surface area (Å²) in [5.41, 5.74) is 0. The van der Waals surface area contributed by atoms with E-state index in [1.165, 1.54) is 44.9 Å². The Labute approximate surface area is 118 Å². The predicted octanol–water partition coefficient (Wildman–Crippen LogP) is 2.95. The number of nitrogens with zero attached hydrogens (tertiary/aromatic N) is 1. The Morgan fingerprint density at radius 1 is 1.16 bits per heavy atom. The van der Waals surface area contributed by atoms with E-state index in [9.17, 15) is 4.79 Å². The molecule has 2 rings (SSSR count). The molecule has 0 aromatic carbocycles. The molecule has 3 nitrogen and oxygen atoms in total. The number of nitrogens with one attached hydrogen (secondary N) is 1. The molecule has 0 aromatic rings. The first-order chi connectivity index (χ1) is 9.29. The lowest BCUT2D eigenvalue weighted by atomic mass is 9.98. The monoisotopic (exact) mass is 266 g/mol. The van der Waals surface area contributed by atoms with Gasteiger partial charge in [0.05, 0.1) is 0 Å². The number of likely N-dealkylation sites (tertiary alicyclic amines) is 1. The third-order valence-corrected chi connectivity index (χ3v) is 4.90. The first kappa shape index (κ1) is 14.8. The van der Waals surface area contributed by atoms with Crippen molar-refractivity contribution in [1.82, 2.24) is 10.2 Å². The molecule has 1 amide bonds. The van der Waals surface area contributed by atoms with E-state index in [4.69, 9.17) is 0 Å². The summed E-state index contributed by atoms with van der Waals surface area (Å²) in [7, 11) is 0. The third-order valence-electron chi connectivity index (χ3n) is 4.90. The first-order valence-corrected chi connectivity index (χ1v) is 8.30. The molecular weight excluding hydrogens is 236 g/mol. The summed E-state index contributed by atoms with van der Waals surface area (Å²) >= 11 is 0. The molecule has 2 heterocycles. The van der Waals surface area contributed by atoms with Crippen molar-refractivity contribution in [2.45, 2.75) is 70.8 Å². The van der Waals surface area contributed by atoms with Crippen molar-refractivity contribution in [2.75, 3.05) is 19.6 Å². The van der Waals surface area contributed by atoms with Gasteiger partial charge >= 0.3 is 0 Å². The van der Waals surface area contributed by atoms with Crippen LogP contribution in [0, 0.1) is 5.92 Å². The van der Waals surface area contributed by atoms with E-state index in [0.29, 0.717) is 11.9 Å². The highest BCUT2D eigenvalue weighted by molar-refractivity contribution is 5.76. The highest BCUT2D eigenvalue weighted by Crippen LogP contribution is 2.21. The number of carbonyl (C=O) groups excluding carboxylic acids is 1. The molecule has 2 aliphatic rings. The second kappa shape index (κ2) is 7.88. The minimum atomic E-state index is 0.393. The number of piperidine rings is 1. The van der Waals surface area contributed by atoms with Crippen molar-refractivity contribution in [2.24, 2.45) is 5.92 Å². The van der Waals surface area contributed by atoms with Crippen LogP contribution < -0.4 is 5.32 Å². The topological polar surface area (TPSA) is 32.3 Å². The van der Waals surface area contributed by atoms with E-state index in [2.05, 4.69) is 17.1 Å². The zero-order valence-corrected chi connectivity index (χ0v) is 12.5. The van der Waals surface area contributed by atoms with Crippen molar-refractivity contribution in [3.05, 3.63) is 0 Å². The maximum Gasteiger partial charge on any atom is 0.222 e. The molecule has 0 bridgehead atoms. The standard InChI is InChI=1S/C16H30N2O/c1-2-14-6-5-12-18(13-10-14)16(19)9-8-15-7-3-4-11-17-15/h14-15,17H,2-13H2,1H3. The summed E-state index contributed by atoms with van der Waals surface area (Å²) in [6.07, 6.45) is 10.7. The van der Waals surface area contributed by atoms with Crippen molar-refractivity contribution in [3.8, 4) is 0 Å². The van der Waals surface area contributed by atoms with Crippen LogP contribution in [-0.2, 0) is 4.79 Å².